The summed E-state index contributed by atoms with van der Waals surface area (Å²) in [5.41, 5.74) is 1.38. The zero-order valence-corrected chi connectivity index (χ0v) is 8.75. The Balaban J connectivity index is 2.06. The van der Waals surface area contributed by atoms with Crippen molar-refractivity contribution in [3.05, 3.63) is 11.9 Å². The van der Waals surface area contributed by atoms with Crippen molar-refractivity contribution in [2.24, 2.45) is 12.5 Å². The maximum atomic E-state index is 6.13. The Morgan fingerprint density at radius 3 is 2.77 bits per heavy atom. The predicted molar refractivity (Wildman–Crippen MR) is 51.7 cm³/mol. The fraction of sp³-hybridized carbons (Fsp3) is 0.778. The summed E-state index contributed by atoms with van der Waals surface area (Å²) in [7, 11) is 1.89. The maximum absolute atomic E-state index is 6.13. The molecule has 4 heteroatoms. The largest absolute Gasteiger partial charge is 0.255 e. The van der Waals surface area contributed by atoms with Crippen molar-refractivity contribution in [3.63, 3.8) is 0 Å². The molecule has 1 aliphatic carbocycles. The van der Waals surface area contributed by atoms with Gasteiger partial charge in [-0.15, -0.1) is 16.7 Å². The van der Waals surface area contributed by atoms with Crippen LogP contribution in [0.1, 0.15) is 25.5 Å². The van der Waals surface area contributed by atoms with Gasteiger partial charge in [-0.2, -0.15) is 0 Å². The van der Waals surface area contributed by atoms with Crippen LogP contribution in [0.15, 0.2) is 6.20 Å². The maximum Gasteiger partial charge on any atom is 0.0833 e. The number of hydrogen-bond acceptors (Lipinski definition) is 2. The molecule has 1 aromatic heterocycles. The van der Waals surface area contributed by atoms with Gasteiger partial charge in [0, 0.05) is 25.0 Å². The zero-order chi connectivity index (χ0) is 9.47. The van der Waals surface area contributed by atoms with Crippen molar-refractivity contribution in [2.45, 2.75) is 31.6 Å². The normalized spacial score (nSPS) is 21.5. The molecule has 2 rings (SSSR count). The minimum Gasteiger partial charge on any atom is -0.255 e. The quantitative estimate of drug-likeness (QED) is 0.695. The minimum absolute atomic E-state index is 0.245. The van der Waals surface area contributed by atoms with Crippen LogP contribution in [-0.4, -0.2) is 20.4 Å². The number of nitrogens with zero attached hydrogens (tertiary/aromatic N) is 3. The summed E-state index contributed by atoms with van der Waals surface area (Å²) >= 11 is 6.13. The Hall–Kier alpha value is -0.570. The lowest BCUT2D eigenvalue weighted by Crippen LogP contribution is -2.15. The van der Waals surface area contributed by atoms with Crippen molar-refractivity contribution in [3.8, 4) is 0 Å². The second kappa shape index (κ2) is 2.98. The van der Waals surface area contributed by atoms with Crippen LogP contribution in [0, 0.1) is 5.41 Å². The molecule has 1 aliphatic rings. The molecule has 0 saturated heterocycles. The highest BCUT2D eigenvalue weighted by Crippen LogP contribution is 2.52. The summed E-state index contributed by atoms with van der Waals surface area (Å²) in [6, 6.07) is 0. The smallest absolute Gasteiger partial charge is 0.0833 e. The molecule has 1 saturated carbocycles. The molecule has 0 radical (unpaired) electrons. The van der Waals surface area contributed by atoms with E-state index in [1.54, 1.807) is 4.68 Å². The Bertz CT molecular complexity index is 302. The monoisotopic (exact) mass is 199 g/mol. The molecule has 72 valence electrons. The molecule has 13 heavy (non-hydrogen) atoms. The van der Waals surface area contributed by atoms with Crippen molar-refractivity contribution < 1.29 is 0 Å². The third-order valence-corrected chi connectivity index (χ3v) is 3.38. The van der Waals surface area contributed by atoms with Crippen molar-refractivity contribution >= 4 is 11.6 Å². The van der Waals surface area contributed by atoms with Crippen LogP contribution in [0.5, 0.6) is 0 Å². The van der Waals surface area contributed by atoms with E-state index in [1.807, 2.05) is 13.2 Å². The van der Waals surface area contributed by atoms with Gasteiger partial charge in [-0.3, -0.25) is 4.68 Å². The number of rotatable bonds is 3. The van der Waals surface area contributed by atoms with E-state index in [0.717, 1.165) is 12.1 Å². The first-order valence-electron chi connectivity index (χ1n) is 4.62. The fourth-order valence-electron chi connectivity index (χ4n) is 1.71. The Labute approximate surface area is 83.1 Å². The van der Waals surface area contributed by atoms with Crippen molar-refractivity contribution in [1.82, 2.24) is 15.0 Å². The van der Waals surface area contributed by atoms with Crippen LogP contribution in [-0.2, 0) is 13.5 Å². The second-order valence-corrected chi connectivity index (χ2v) is 4.69. The molecule has 1 fully saturated rings. The van der Waals surface area contributed by atoms with Gasteiger partial charge in [0.2, 0.25) is 0 Å². The van der Waals surface area contributed by atoms with Gasteiger partial charge in [0.25, 0.3) is 0 Å². The van der Waals surface area contributed by atoms with E-state index in [1.165, 1.54) is 12.8 Å². The Kier molecular flexibility index (Phi) is 2.06. The van der Waals surface area contributed by atoms with Crippen LogP contribution >= 0.6 is 11.6 Å². The molecular formula is C9H14ClN3. The summed E-state index contributed by atoms with van der Waals surface area (Å²) in [6.45, 7) is 2.07. The minimum atomic E-state index is 0.245. The topological polar surface area (TPSA) is 30.7 Å². The number of hydrogen-bond donors (Lipinski definition) is 0. The molecule has 0 aliphatic heterocycles. The molecule has 1 atom stereocenters. The molecule has 0 bridgehead atoms. The first-order chi connectivity index (χ1) is 6.12. The first kappa shape index (κ1) is 9.00. The van der Waals surface area contributed by atoms with Crippen molar-refractivity contribution in [1.29, 1.82) is 0 Å². The van der Waals surface area contributed by atoms with Gasteiger partial charge in [0.15, 0.2) is 0 Å². The summed E-state index contributed by atoms with van der Waals surface area (Å²) in [6.07, 6.45) is 5.41. The predicted octanol–water partition coefficient (Wildman–Crippen LogP) is 1.77. The third-order valence-electron chi connectivity index (χ3n) is 2.92. The average molecular weight is 200 g/mol. The lowest BCUT2D eigenvalue weighted by molar-refractivity contribution is 0.489. The van der Waals surface area contributed by atoms with Crippen LogP contribution in [0.3, 0.4) is 0 Å². The lowest BCUT2D eigenvalue weighted by Gasteiger charge is -2.15. The fourth-order valence-corrected chi connectivity index (χ4v) is 2.01. The zero-order valence-electron chi connectivity index (χ0n) is 8.00. The molecular weight excluding hydrogens is 186 g/mol. The lowest BCUT2D eigenvalue weighted by atomic mass is 9.97. The van der Waals surface area contributed by atoms with Gasteiger partial charge in [0.05, 0.1) is 5.69 Å². The highest BCUT2D eigenvalue weighted by Gasteiger charge is 2.47. The van der Waals surface area contributed by atoms with E-state index in [-0.39, 0.29) is 5.38 Å². The molecule has 0 amide bonds. The Morgan fingerprint density at radius 2 is 2.38 bits per heavy atom. The number of aromatic nitrogens is 3. The van der Waals surface area contributed by atoms with E-state index < -0.39 is 0 Å². The summed E-state index contributed by atoms with van der Waals surface area (Å²) in [4.78, 5) is 0. The van der Waals surface area contributed by atoms with Gasteiger partial charge in [0.1, 0.15) is 0 Å². The van der Waals surface area contributed by atoms with Crippen molar-refractivity contribution in [2.75, 3.05) is 0 Å². The van der Waals surface area contributed by atoms with Crippen LogP contribution in [0.2, 0.25) is 0 Å². The van der Waals surface area contributed by atoms with E-state index in [4.69, 9.17) is 11.6 Å². The van der Waals surface area contributed by atoms with Gasteiger partial charge < -0.3 is 0 Å². The van der Waals surface area contributed by atoms with Crippen LogP contribution in [0.4, 0.5) is 0 Å². The highest BCUT2D eigenvalue weighted by atomic mass is 35.5. The van der Waals surface area contributed by atoms with E-state index >= 15 is 0 Å². The second-order valence-electron chi connectivity index (χ2n) is 4.04. The molecule has 1 heterocycles. The molecule has 3 nitrogen and oxygen atoms in total. The molecule has 1 unspecified atom stereocenters. The van der Waals surface area contributed by atoms with E-state index in [0.29, 0.717) is 5.41 Å². The number of aryl methyl sites for hydroxylation is 1. The Morgan fingerprint density at radius 1 is 1.69 bits per heavy atom. The van der Waals surface area contributed by atoms with Crippen LogP contribution < -0.4 is 0 Å². The SMILES string of the molecule is CC(Cl)C1(Cc2cn(C)nn2)CC1. The van der Waals surface area contributed by atoms with E-state index in [9.17, 15) is 0 Å². The summed E-state index contributed by atoms with van der Waals surface area (Å²) in [5.74, 6) is 0. The van der Waals surface area contributed by atoms with Gasteiger partial charge >= 0.3 is 0 Å². The van der Waals surface area contributed by atoms with Gasteiger partial charge in [-0.1, -0.05) is 5.21 Å². The van der Waals surface area contributed by atoms with Gasteiger partial charge in [-0.05, 0) is 25.2 Å². The molecule has 0 aromatic carbocycles. The van der Waals surface area contributed by atoms with Gasteiger partial charge in [-0.25, -0.2) is 0 Å². The third kappa shape index (κ3) is 1.70. The standard InChI is InChI=1S/C9H14ClN3/c1-7(10)9(3-4-9)5-8-6-13(2)12-11-8/h6-7H,3-5H2,1-2H3. The van der Waals surface area contributed by atoms with Crippen LogP contribution in [0.25, 0.3) is 0 Å². The summed E-state index contributed by atoms with van der Waals surface area (Å²) < 4.78 is 1.74. The molecule has 1 aromatic rings. The molecule has 0 spiro atoms. The summed E-state index contributed by atoms with van der Waals surface area (Å²) in [5, 5.41) is 8.23. The average Bonchev–Trinajstić information content (AvgIpc) is 2.72. The number of halogens is 1. The number of alkyl halides is 1. The van der Waals surface area contributed by atoms with E-state index in [2.05, 4.69) is 17.2 Å². The molecule has 0 N–H and O–H groups in total. The highest BCUT2D eigenvalue weighted by molar-refractivity contribution is 6.21. The first-order valence-corrected chi connectivity index (χ1v) is 5.05.